The second-order valence-electron chi connectivity index (χ2n) is 4.37. The standard InChI is InChI=1S/C13H18FNO3/c1-8(2)15-13(17)7-18-12-5-4-10(14)6-11(12)9(3)16/h4-6,8-9,16H,7H2,1-3H3,(H,15,17)/t9-/m1/s1. The van der Waals surface area contributed by atoms with Crippen LogP contribution in [0.1, 0.15) is 32.4 Å². The first kappa shape index (κ1) is 14.4. The highest BCUT2D eigenvalue weighted by atomic mass is 19.1. The molecule has 0 saturated heterocycles. The molecule has 0 unspecified atom stereocenters. The lowest BCUT2D eigenvalue weighted by Crippen LogP contribution is -2.34. The highest BCUT2D eigenvalue weighted by molar-refractivity contribution is 5.77. The lowest BCUT2D eigenvalue weighted by molar-refractivity contribution is -0.123. The Morgan fingerprint density at radius 3 is 2.67 bits per heavy atom. The largest absolute Gasteiger partial charge is 0.483 e. The molecule has 0 bridgehead atoms. The van der Waals surface area contributed by atoms with E-state index in [0.29, 0.717) is 11.3 Å². The Morgan fingerprint density at radius 1 is 1.44 bits per heavy atom. The van der Waals surface area contributed by atoms with Crippen LogP contribution in [0.5, 0.6) is 5.75 Å². The van der Waals surface area contributed by atoms with Crippen molar-refractivity contribution < 1.29 is 19.0 Å². The predicted octanol–water partition coefficient (Wildman–Crippen LogP) is 1.78. The minimum absolute atomic E-state index is 0.0329. The van der Waals surface area contributed by atoms with E-state index in [-0.39, 0.29) is 18.6 Å². The highest BCUT2D eigenvalue weighted by Crippen LogP contribution is 2.25. The van der Waals surface area contributed by atoms with Gasteiger partial charge >= 0.3 is 0 Å². The molecule has 0 aliphatic rings. The number of hydrogen-bond acceptors (Lipinski definition) is 3. The van der Waals surface area contributed by atoms with E-state index < -0.39 is 11.9 Å². The minimum Gasteiger partial charge on any atom is -0.483 e. The number of aliphatic hydroxyl groups is 1. The Bertz CT molecular complexity index is 419. The van der Waals surface area contributed by atoms with E-state index >= 15 is 0 Å². The van der Waals surface area contributed by atoms with Gasteiger partial charge in [0, 0.05) is 11.6 Å². The van der Waals surface area contributed by atoms with Gasteiger partial charge < -0.3 is 15.2 Å². The molecule has 0 fully saturated rings. The van der Waals surface area contributed by atoms with Crippen LogP contribution in [0.2, 0.25) is 0 Å². The number of rotatable bonds is 5. The minimum atomic E-state index is -0.858. The summed E-state index contributed by atoms with van der Waals surface area (Å²) in [5, 5.41) is 12.2. The van der Waals surface area contributed by atoms with Crippen LogP contribution >= 0.6 is 0 Å². The van der Waals surface area contributed by atoms with Crippen molar-refractivity contribution in [3.8, 4) is 5.75 Å². The maximum atomic E-state index is 13.0. The van der Waals surface area contributed by atoms with Crippen molar-refractivity contribution in [2.75, 3.05) is 6.61 Å². The molecule has 2 N–H and O–H groups in total. The van der Waals surface area contributed by atoms with Gasteiger partial charge in [-0.3, -0.25) is 4.79 Å². The average molecular weight is 255 g/mol. The molecule has 18 heavy (non-hydrogen) atoms. The van der Waals surface area contributed by atoms with Gasteiger partial charge in [0.2, 0.25) is 0 Å². The molecular weight excluding hydrogens is 237 g/mol. The summed E-state index contributed by atoms with van der Waals surface area (Å²) in [4.78, 5) is 11.4. The number of nitrogens with one attached hydrogen (secondary N) is 1. The van der Waals surface area contributed by atoms with Gasteiger partial charge in [-0.05, 0) is 39.0 Å². The second kappa shape index (κ2) is 6.35. The molecule has 4 nitrogen and oxygen atoms in total. The van der Waals surface area contributed by atoms with Crippen LogP contribution in [0.25, 0.3) is 0 Å². The van der Waals surface area contributed by atoms with Crippen LogP contribution in [0.4, 0.5) is 4.39 Å². The third-order valence-electron chi connectivity index (χ3n) is 2.23. The number of amides is 1. The SMILES string of the molecule is CC(C)NC(=O)COc1ccc(F)cc1[C@@H](C)O. The number of benzene rings is 1. The quantitative estimate of drug-likeness (QED) is 0.843. The van der Waals surface area contributed by atoms with Crippen LogP contribution in [-0.2, 0) is 4.79 Å². The summed E-state index contributed by atoms with van der Waals surface area (Å²) < 4.78 is 18.3. The molecule has 1 atom stereocenters. The maximum Gasteiger partial charge on any atom is 0.258 e. The fraction of sp³-hybridized carbons (Fsp3) is 0.462. The molecule has 1 amide bonds. The lowest BCUT2D eigenvalue weighted by atomic mass is 10.1. The zero-order chi connectivity index (χ0) is 13.7. The Morgan fingerprint density at radius 2 is 2.11 bits per heavy atom. The third kappa shape index (κ3) is 4.33. The Kier molecular flexibility index (Phi) is 5.09. The molecule has 0 aliphatic heterocycles. The first-order chi connectivity index (χ1) is 8.40. The molecule has 0 aliphatic carbocycles. The molecule has 0 aromatic heterocycles. The Hall–Kier alpha value is -1.62. The predicted molar refractivity (Wildman–Crippen MR) is 65.8 cm³/mol. The molecule has 0 saturated carbocycles. The topological polar surface area (TPSA) is 58.6 Å². The van der Waals surface area contributed by atoms with Crippen LogP contribution in [0.3, 0.4) is 0 Å². The van der Waals surface area contributed by atoms with E-state index in [0.717, 1.165) is 0 Å². The van der Waals surface area contributed by atoms with Crippen molar-refractivity contribution in [3.05, 3.63) is 29.6 Å². The average Bonchev–Trinajstić information content (AvgIpc) is 2.26. The number of carbonyl (C=O) groups excluding carboxylic acids is 1. The summed E-state index contributed by atoms with van der Waals surface area (Å²) in [6.45, 7) is 5.04. The molecule has 0 radical (unpaired) electrons. The van der Waals surface area contributed by atoms with Gasteiger partial charge in [-0.25, -0.2) is 4.39 Å². The molecule has 1 rings (SSSR count). The second-order valence-corrected chi connectivity index (χ2v) is 4.37. The van der Waals surface area contributed by atoms with Crippen LogP contribution in [-0.4, -0.2) is 23.7 Å². The number of hydrogen-bond donors (Lipinski definition) is 2. The third-order valence-corrected chi connectivity index (χ3v) is 2.23. The van der Waals surface area contributed by atoms with E-state index in [2.05, 4.69) is 5.32 Å². The van der Waals surface area contributed by atoms with Crippen LogP contribution in [0.15, 0.2) is 18.2 Å². The van der Waals surface area contributed by atoms with E-state index in [1.165, 1.54) is 25.1 Å². The monoisotopic (exact) mass is 255 g/mol. The molecule has 1 aromatic rings. The molecular formula is C13H18FNO3. The molecule has 5 heteroatoms. The summed E-state index contributed by atoms with van der Waals surface area (Å²) >= 11 is 0. The van der Waals surface area contributed by atoms with Crippen LogP contribution in [0, 0.1) is 5.82 Å². The number of aliphatic hydroxyl groups excluding tert-OH is 1. The Labute approximate surface area is 106 Å². The first-order valence-corrected chi connectivity index (χ1v) is 5.80. The lowest BCUT2D eigenvalue weighted by Gasteiger charge is -2.14. The van der Waals surface area contributed by atoms with Crippen molar-refractivity contribution in [1.29, 1.82) is 0 Å². The zero-order valence-corrected chi connectivity index (χ0v) is 10.7. The van der Waals surface area contributed by atoms with Gasteiger partial charge in [0.1, 0.15) is 11.6 Å². The molecule has 1 aromatic carbocycles. The highest BCUT2D eigenvalue weighted by Gasteiger charge is 2.12. The molecule has 0 heterocycles. The maximum absolute atomic E-state index is 13.0. The fourth-order valence-electron chi connectivity index (χ4n) is 1.48. The van der Waals surface area contributed by atoms with Crippen molar-refractivity contribution in [3.63, 3.8) is 0 Å². The van der Waals surface area contributed by atoms with Gasteiger partial charge in [0.25, 0.3) is 5.91 Å². The normalized spacial score (nSPS) is 12.3. The zero-order valence-electron chi connectivity index (χ0n) is 10.7. The van der Waals surface area contributed by atoms with Gasteiger partial charge in [0.15, 0.2) is 6.61 Å². The van der Waals surface area contributed by atoms with E-state index in [4.69, 9.17) is 4.74 Å². The number of ether oxygens (including phenoxy) is 1. The van der Waals surface area contributed by atoms with E-state index in [1.54, 1.807) is 0 Å². The van der Waals surface area contributed by atoms with E-state index in [9.17, 15) is 14.3 Å². The van der Waals surface area contributed by atoms with E-state index in [1.807, 2.05) is 13.8 Å². The summed E-state index contributed by atoms with van der Waals surface area (Å²) in [7, 11) is 0. The smallest absolute Gasteiger partial charge is 0.258 e. The van der Waals surface area contributed by atoms with Crippen molar-refractivity contribution in [1.82, 2.24) is 5.32 Å². The van der Waals surface area contributed by atoms with Crippen molar-refractivity contribution >= 4 is 5.91 Å². The summed E-state index contributed by atoms with van der Waals surface area (Å²) in [6.07, 6.45) is -0.858. The summed E-state index contributed by atoms with van der Waals surface area (Å²) in [5.74, 6) is -0.402. The van der Waals surface area contributed by atoms with Gasteiger partial charge in [0.05, 0.1) is 6.10 Å². The summed E-state index contributed by atoms with van der Waals surface area (Å²) in [5.41, 5.74) is 0.326. The fourth-order valence-corrected chi connectivity index (χ4v) is 1.48. The summed E-state index contributed by atoms with van der Waals surface area (Å²) in [6, 6.07) is 3.85. The number of carbonyl (C=O) groups is 1. The molecule has 100 valence electrons. The Balaban J connectivity index is 2.70. The van der Waals surface area contributed by atoms with Crippen LogP contribution < -0.4 is 10.1 Å². The van der Waals surface area contributed by atoms with Gasteiger partial charge in [-0.1, -0.05) is 0 Å². The van der Waals surface area contributed by atoms with Crippen molar-refractivity contribution in [2.45, 2.75) is 32.9 Å². The van der Waals surface area contributed by atoms with Crippen molar-refractivity contribution in [2.24, 2.45) is 0 Å². The van der Waals surface area contributed by atoms with Gasteiger partial charge in [-0.15, -0.1) is 0 Å². The number of halogens is 1. The molecule has 0 spiro atoms. The first-order valence-electron chi connectivity index (χ1n) is 5.80. The van der Waals surface area contributed by atoms with Gasteiger partial charge in [-0.2, -0.15) is 0 Å².